The van der Waals surface area contributed by atoms with Crippen LogP contribution in [0.4, 0.5) is 5.69 Å². The number of nitro benzene ring substituents is 1. The zero-order valence-electron chi connectivity index (χ0n) is 7.29. The highest BCUT2D eigenvalue weighted by Crippen LogP contribution is 2.24. The first kappa shape index (κ1) is 10.2. The minimum absolute atomic E-state index is 0.205. The molecule has 0 radical (unpaired) electrons. The van der Waals surface area contributed by atoms with Crippen molar-refractivity contribution in [3.05, 3.63) is 38.3 Å². The molecular weight excluding hydrogens is 234 g/mol. The molecule has 0 fully saturated rings. The van der Waals surface area contributed by atoms with Crippen LogP contribution in [-0.2, 0) is 6.42 Å². The molecule has 70 valence electrons. The lowest BCUT2D eigenvalue weighted by Crippen LogP contribution is -1.94. The van der Waals surface area contributed by atoms with Crippen molar-refractivity contribution >= 4 is 21.6 Å². The Bertz CT molecular complexity index is 325. The molecule has 0 saturated heterocycles. The van der Waals surface area contributed by atoms with Gasteiger partial charge in [-0.3, -0.25) is 10.1 Å². The second-order valence-electron chi connectivity index (χ2n) is 2.78. The first-order valence-corrected chi connectivity index (χ1v) is 4.87. The summed E-state index contributed by atoms with van der Waals surface area (Å²) >= 11 is 3.21. The third-order valence-corrected chi connectivity index (χ3v) is 2.26. The Morgan fingerprint density at radius 1 is 1.54 bits per heavy atom. The van der Waals surface area contributed by atoms with E-state index in [9.17, 15) is 10.1 Å². The number of hydrogen-bond acceptors (Lipinski definition) is 2. The van der Waals surface area contributed by atoms with Gasteiger partial charge in [0, 0.05) is 16.1 Å². The van der Waals surface area contributed by atoms with Gasteiger partial charge in [-0.15, -0.1) is 0 Å². The monoisotopic (exact) mass is 243 g/mol. The Labute approximate surface area is 85.0 Å². The van der Waals surface area contributed by atoms with Gasteiger partial charge in [-0.1, -0.05) is 35.3 Å². The van der Waals surface area contributed by atoms with Crippen molar-refractivity contribution in [2.24, 2.45) is 0 Å². The third-order valence-electron chi connectivity index (χ3n) is 1.76. The summed E-state index contributed by atoms with van der Waals surface area (Å²) in [4.78, 5) is 10.3. The smallest absolute Gasteiger partial charge is 0.258 e. The third kappa shape index (κ3) is 2.52. The number of benzene rings is 1. The molecule has 0 aliphatic rings. The largest absolute Gasteiger partial charge is 0.273 e. The maximum absolute atomic E-state index is 10.6. The molecule has 0 bridgehead atoms. The Morgan fingerprint density at radius 3 is 2.77 bits per heavy atom. The van der Waals surface area contributed by atoms with Gasteiger partial charge >= 0.3 is 0 Å². The van der Waals surface area contributed by atoms with Gasteiger partial charge in [0.2, 0.25) is 0 Å². The van der Waals surface area contributed by atoms with E-state index < -0.39 is 0 Å². The number of halogens is 1. The number of nitrogens with zero attached hydrogens (tertiary/aromatic N) is 1. The Kier molecular flexibility index (Phi) is 3.42. The molecule has 0 aliphatic heterocycles. The second kappa shape index (κ2) is 4.37. The highest BCUT2D eigenvalue weighted by Gasteiger charge is 2.12. The maximum atomic E-state index is 10.6. The molecule has 1 aromatic carbocycles. The van der Waals surface area contributed by atoms with E-state index in [1.165, 1.54) is 0 Å². The zero-order chi connectivity index (χ0) is 9.84. The average Bonchev–Trinajstić information content (AvgIpc) is 2.08. The van der Waals surface area contributed by atoms with Crippen molar-refractivity contribution in [1.29, 1.82) is 0 Å². The standard InChI is InChI=1S/C9H10BrNO2/c1-2-3-7-4-5-8(10)6-9(7)11(12)13/h4-6H,2-3H2,1H3. The summed E-state index contributed by atoms with van der Waals surface area (Å²) < 4.78 is 0.749. The van der Waals surface area contributed by atoms with Crippen LogP contribution in [0.15, 0.2) is 22.7 Å². The van der Waals surface area contributed by atoms with E-state index in [1.807, 2.05) is 13.0 Å². The minimum Gasteiger partial charge on any atom is -0.258 e. The SMILES string of the molecule is CCCc1ccc(Br)cc1[N+](=O)[O-]. The van der Waals surface area contributed by atoms with Crippen LogP contribution in [0.25, 0.3) is 0 Å². The molecule has 0 atom stereocenters. The van der Waals surface area contributed by atoms with Gasteiger partial charge in [-0.25, -0.2) is 0 Å². The van der Waals surface area contributed by atoms with Crippen molar-refractivity contribution in [3.63, 3.8) is 0 Å². The Morgan fingerprint density at radius 2 is 2.23 bits per heavy atom. The lowest BCUT2D eigenvalue weighted by Gasteiger charge is -2.00. The van der Waals surface area contributed by atoms with Crippen LogP contribution >= 0.6 is 15.9 Å². The van der Waals surface area contributed by atoms with Crippen LogP contribution in [0.1, 0.15) is 18.9 Å². The first-order valence-electron chi connectivity index (χ1n) is 4.08. The number of aryl methyl sites for hydroxylation is 1. The molecule has 0 spiro atoms. The van der Waals surface area contributed by atoms with E-state index >= 15 is 0 Å². The Hall–Kier alpha value is -0.900. The van der Waals surface area contributed by atoms with E-state index in [0.29, 0.717) is 0 Å². The quantitative estimate of drug-likeness (QED) is 0.604. The van der Waals surface area contributed by atoms with Gasteiger partial charge < -0.3 is 0 Å². The molecule has 0 unspecified atom stereocenters. The highest BCUT2D eigenvalue weighted by molar-refractivity contribution is 9.10. The van der Waals surface area contributed by atoms with Gasteiger partial charge in [-0.05, 0) is 12.5 Å². The van der Waals surface area contributed by atoms with Crippen LogP contribution in [0.2, 0.25) is 0 Å². The van der Waals surface area contributed by atoms with E-state index in [-0.39, 0.29) is 10.6 Å². The molecule has 1 aromatic rings. The topological polar surface area (TPSA) is 43.1 Å². The molecule has 3 nitrogen and oxygen atoms in total. The van der Waals surface area contributed by atoms with Crippen molar-refractivity contribution in [2.75, 3.05) is 0 Å². The van der Waals surface area contributed by atoms with Crippen molar-refractivity contribution < 1.29 is 4.92 Å². The predicted octanol–water partition coefficient (Wildman–Crippen LogP) is 3.31. The molecule has 0 saturated carbocycles. The fourth-order valence-corrected chi connectivity index (χ4v) is 1.54. The van der Waals surface area contributed by atoms with Crippen LogP contribution < -0.4 is 0 Å². The van der Waals surface area contributed by atoms with Gasteiger partial charge in [-0.2, -0.15) is 0 Å². The molecule has 0 heterocycles. The predicted molar refractivity (Wildman–Crippen MR) is 54.8 cm³/mol. The number of hydrogen-bond donors (Lipinski definition) is 0. The minimum atomic E-state index is -0.338. The summed E-state index contributed by atoms with van der Waals surface area (Å²) in [6.45, 7) is 2.01. The number of rotatable bonds is 3. The molecule has 0 aliphatic carbocycles. The summed E-state index contributed by atoms with van der Waals surface area (Å²) in [6, 6.07) is 5.18. The first-order chi connectivity index (χ1) is 6.15. The van der Waals surface area contributed by atoms with E-state index in [1.54, 1.807) is 12.1 Å². The van der Waals surface area contributed by atoms with Gasteiger partial charge in [0.15, 0.2) is 0 Å². The molecule has 4 heteroatoms. The average molecular weight is 244 g/mol. The summed E-state index contributed by atoms with van der Waals surface area (Å²) in [6.07, 6.45) is 1.67. The fraction of sp³-hybridized carbons (Fsp3) is 0.333. The zero-order valence-corrected chi connectivity index (χ0v) is 8.87. The lowest BCUT2D eigenvalue weighted by molar-refractivity contribution is -0.385. The Balaban J connectivity index is 3.10. The van der Waals surface area contributed by atoms with E-state index in [0.717, 1.165) is 22.9 Å². The number of nitro groups is 1. The second-order valence-corrected chi connectivity index (χ2v) is 3.70. The molecule has 1 rings (SSSR count). The van der Waals surface area contributed by atoms with E-state index in [4.69, 9.17) is 0 Å². The van der Waals surface area contributed by atoms with Crippen LogP contribution in [0, 0.1) is 10.1 Å². The molecular formula is C9H10BrNO2. The molecule has 0 N–H and O–H groups in total. The van der Waals surface area contributed by atoms with Crippen molar-refractivity contribution in [1.82, 2.24) is 0 Å². The molecule has 0 aromatic heterocycles. The molecule has 0 amide bonds. The summed E-state index contributed by atoms with van der Waals surface area (Å²) in [5.74, 6) is 0. The fourth-order valence-electron chi connectivity index (χ4n) is 1.19. The van der Waals surface area contributed by atoms with Gasteiger partial charge in [0.25, 0.3) is 5.69 Å². The lowest BCUT2D eigenvalue weighted by atomic mass is 10.1. The van der Waals surface area contributed by atoms with Crippen LogP contribution in [0.5, 0.6) is 0 Å². The van der Waals surface area contributed by atoms with Gasteiger partial charge in [0.05, 0.1) is 4.92 Å². The highest BCUT2D eigenvalue weighted by atomic mass is 79.9. The van der Waals surface area contributed by atoms with Crippen molar-refractivity contribution in [2.45, 2.75) is 19.8 Å². The van der Waals surface area contributed by atoms with Crippen LogP contribution in [-0.4, -0.2) is 4.92 Å². The molecule has 13 heavy (non-hydrogen) atoms. The van der Waals surface area contributed by atoms with Crippen LogP contribution in [0.3, 0.4) is 0 Å². The summed E-state index contributed by atoms with van der Waals surface area (Å²) in [5, 5.41) is 10.6. The van der Waals surface area contributed by atoms with Gasteiger partial charge in [0.1, 0.15) is 0 Å². The van der Waals surface area contributed by atoms with Crippen molar-refractivity contribution in [3.8, 4) is 0 Å². The maximum Gasteiger partial charge on any atom is 0.273 e. The summed E-state index contributed by atoms with van der Waals surface area (Å²) in [7, 11) is 0. The van der Waals surface area contributed by atoms with E-state index in [2.05, 4.69) is 15.9 Å². The normalized spacial score (nSPS) is 10.0. The summed E-state index contributed by atoms with van der Waals surface area (Å²) in [5.41, 5.74) is 1.01.